The van der Waals surface area contributed by atoms with E-state index in [1.54, 1.807) is 12.4 Å². The van der Waals surface area contributed by atoms with Crippen LogP contribution in [0.3, 0.4) is 0 Å². The Hall–Kier alpha value is -2.69. The van der Waals surface area contributed by atoms with E-state index < -0.39 is 0 Å². The minimum Gasteiger partial charge on any atom is -0.403 e. The standard InChI is InChI=1S/C16H16N4O/c1-11(2)12-3-5-14(6-4-12)18-16-20-19-15(21-16)13-7-9-17-10-8-13/h3-11H,1-2H3,(H,18,20). The van der Waals surface area contributed by atoms with Crippen molar-refractivity contribution in [3.05, 3.63) is 54.4 Å². The molecule has 21 heavy (non-hydrogen) atoms. The van der Waals surface area contributed by atoms with E-state index in [4.69, 9.17) is 4.42 Å². The molecule has 0 saturated heterocycles. The second kappa shape index (κ2) is 5.75. The second-order valence-corrected chi connectivity index (χ2v) is 5.05. The van der Waals surface area contributed by atoms with Gasteiger partial charge in [0.25, 0.3) is 0 Å². The summed E-state index contributed by atoms with van der Waals surface area (Å²) in [5, 5.41) is 11.1. The van der Waals surface area contributed by atoms with Crippen molar-refractivity contribution in [3.63, 3.8) is 0 Å². The molecule has 0 spiro atoms. The highest BCUT2D eigenvalue weighted by Gasteiger charge is 2.08. The van der Waals surface area contributed by atoms with Gasteiger partial charge in [0.05, 0.1) is 0 Å². The lowest BCUT2D eigenvalue weighted by Crippen LogP contribution is -1.92. The lowest BCUT2D eigenvalue weighted by atomic mass is 10.0. The van der Waals surface area contributed by atoms with Gasteiger partial charge in [0.1, 0.15) is 0 Å². The molecule has 106 valence electrons. The number of anilines is 2. The maximum atomic E-state index is 5.59. The van der Waals surface area contributed by atoms with E-state index in [1.165, 1.54) is 5.56 Å². The van der Waals surface area contributed by atoms with Gasteiger partial charge < -0.3 is 9.73 Å². The van der Waals surface area contributed by atoms with Crippen molar-refractivity contribution in [2.45, 2.75) is 19.8 Å². The fraction of sp³-hybridized carbons (Fsp3) is 0.188. The van der Waals surface area contributed by atoms with Crippen LogP contribution >= 0.6 is 0 Å². The largest absolute Gasteiger partial charge is 0.403 e. The SMILES string of the molecule is CC(C)c1ccc(Nc2nnc(-c3ccncc3)o2)cc1. The van der Waals surface area contributed by atoms with Crippen LogP contribution in [0.15, 0.2) is 53.2 Å². The Bertz CT molecular complexity index is 705. The number of rotatable bonds is 4. The number of nitrogens with one attached hydrogen (secondary N) is 1. The van der Waals surface area contributed by atoms with Crippen molar-refractivity contribution in [2.75, 3.05) is 5.32 Å². The maximum Gasteiger partial charge on any atom is 0.320 e. The summed E-state index contributed by atoms with van der Waals surface area (Å²) in [5.41, 5.74) is 3.06. The van der Waals surface area contributed by atoms with Crippen LogP contribution in [0.4, 0.5) is 11.7 Å². The van der Waals surface area contributed by atoms with E-state index in [-0.39, 0.29) is 0 Å². The van der Waals surface area contributed by atoms with Gasteiger partial charge in [-0.3, -0.25) is 4.98 Å². The van der Waals surface area contributed by atoms with E-state index in [0.29, 0.717) is 17.8 Å². The molecule has 0 bridgehead atoms. The normalized spacial score (nSPS) is 10.8. The maximum absolute atomic E-state index is 5.59. The van der Waals surface area contributed by atoms with Crippen LogP contribution in [0, 0.1) is 0 Å². The van der Waals surface area contributed by atoms with Gasteiger partial charge in [0, 0.05) is 23.6 Å². The summed E-state index contributed by atoms with van der Waals surface area (Å²) in [6, 6.07) is 12.2. The van der Waals surface area contributed by atoms with Gasteiger partial charge >= 0.3 is 6.01 Å². The first kappa shape index (κ1) is 13.3. The van der Waals surface area contributed by atoms with Crippen molar-refractivity contribution in [2.24, 2.45) is 0 Å². The van der Waals surface area contributed by atoms with Gasteiger partial charge in [0.15, 0.2) is 0 Å². The minimum atomic E-state index is 0.374. The predicted molar refractivity (Wildman–Crippen MR) is 81.3 cm³/mol. The molecule has 0 atom stereocenters. The van der Waals surface area contributed by atoms with Crippen molar-refractivity contribution in [1.82, 2.24) is 15.2 Å². The molecule has 3 aromatic rings. The number of nitrogens with zero attached hydrogens (tertiary/aromatic N) is 3. The number of hydrogen-bond donors (Lipinski definition) is 1. The molecule has 1 aromatic carbocycles. The first-order valence-electron chi connectivity index (χ1n) is 6.83. The van der Waals surface area contributed by atoms with E-state index in [1.807, 2.05) is 24.3 Å². The highest BCUT2D eigenvalue weighted by atomic mass is 16.4. The average Bonchev–Trinajstić information content (AvgIpc) is 2.97. The van der Waals surface area contributed by atoms with Gasteiger partial charge in [-0.2, -0.15) is 0 Å². The zero-order chi connectivity index (χ0) is 14.7. The zero-order valence-electron chi connectivity index (χ0n) is 11.9. The first-order chi connectivity index (χ1) is 10.2. The van der Waals surface area contributed by atoms with E-state index in [2.05, 4.69) is 46.5 Å². The van der Waals surface area contributed by atoms with Gasteiger partial charge in [-0.15, -0.1) is 5.10 Å². The fourth-order valence-corrected chi connectivity index (χ4v) is 1.96. The number of benzene rings is 1. The molecule has 2 heterocycles. The van der Waals surface area contributed by atoms with Crippen LogP contribution in [0.1, 0.15) is 25.3 Å². The van der Waals surface area contributed by atoms with Crippen molar-refractivity contribution in [1.29, 1.82) is 0 Å². The van der Waals surface area contributed by atoms with Crippen LogP contribution in [0.25, 0.3) is 11.5 Å². The molecule has 3 rings (SSSR count). The molecule has 1 N–H and O–H groups in total. The summed E-state index contributed by atoms with van der Waals surface area (Å²) in [5.74, 6) is 0.986. The van der Waals surface area contributed by atoms with Crippen molar-refractivity contribution in [3.8, 4) is 11.5 Å². The lowest BCUT2D eigenvalue weighted by molar-refractivity contribution is 0.587. The van der Waals surface area contributed by atoms with Gasteiger partial charge in [-0.25, -0.2) is 0 Å². The average molecular weight is 280 g/mol. The van der Waals surface area contributed by atoms with E-state index in [9.17, 15) is 0 Å². The van der Waals surface area contributed by atoms with Crippen molar-refractivity contribution < 1.29 is 4.42 Å². The summed E-state index contributed by atoms with van der Waals surface area (Å²) in [6.07, 6.45) is 3.38. The first-order valence-corrected chi connectivity index (χ1v) is 6.83. The van der Waals surface area contributed by atoms with Crippen molar-refractivity contribution >= 4 is 11.7 Å². The summed E-state index contributed by atoms with van der Waals surface area (Å²) in [4.78, 5) is 3.96. The Balaban J connectivity index is 1.75. The Kier molecular flexibility index (Phi) is 3.64. The Morgan fingerprint density at radius 1 is 0.952 bits per heavy atom. The Labute approximate surface area is 123 Å². The van der Waals surface area contributed by atoms with Gasteiger partial charge in [-0.05, 0) is 35.7 Å². The number of aromatic nitrogens is 3. The summed E-state index contributed by atoms with van der Waals surface area (Å²) in [7, 11) is 0. The zero-order valence-corrected chi connectivity index (χ0v) is 11.9. The molecule has 0 aliphatic carbocycles. The molecular weight excluding hydrogens is 264 g/mol. The molecular formula is C16H16N4O. The van der Waals surface area contributed by atoms with E-state index >= 15 is 0 Å². The molecule has 5 heteroatoms. The molecule has 5 nitrogen and oxygen atoms in total. The van der Waals surface area contributed by atoms with E-state index in [0.717, 1.165) is 11.3 Å². The third kappa shape index (κ3) is 3.08. The molecule has 2 aromatic heterocycles. The highest BCUT2D eigenvalue weighted by Crippen LogP contribution is 2.23. The quantitative estimate of drug-likeness (QED) is 0.782. The molecule has 0 radical (unpaired) electrons. The molecule has 0 unspecified atom stereocenters. The molecule has 0 aliphatic rings. The third-order valence-electron chi connectivity index (χ3n) is 3.18. The Morgan fingerprint density at radius 3 is 2.33 bits per heavy atom. The highest BCUT2D eigenvalue weighted by molar-refractivity contribution is 5.56. The summed E-state index contributed by atoms with van der Waals surface area (Å²) in [6.45, 7) is 4.34. The van der Waals surface area contributed by atoms with Crippen LogP contribution in [-0.2, 0) is 0 Å². The molecule has 0 amide bonds. The fourth-order valence-electron chi connectivity index (χ4n) is 1.96. The van der Waals surface area contributed by atoms with Gasteiger partial charge in [0.2, 0.25) is 5.89 Å². The smallest absolute Gasteiger partial charge is 0.320 e. The topological polar surface area (TPSA) is 63.8 Å². The van der Waals surface area contributed by atoms with Crippen LogP contribution in [0.2, 0.25) is 0 Å². The van der Waals surface area contributed by atoms with Gasteiger partial charge in [-0.1, -0.05) is 31.1 Å². The predicted octanol–water partition coefficient (Wildman–Crippen LogP) is 4.00. The molecule has 0 saturated carbocycles. The summed E-state index contributed by atoms with van der Waals surface area (Å²) >= 11 is 0. The van der Waals surface area contributed by atoms with Crippen LogP contribution in [0.5, 0.6) is 0 Å². The van der Waals surface area contributed by atoms with Crippen LogP contribution in [-0.4, -0.2) is 15.2 Å². The Morgan fingerprint density at radius 2 is 1.67 bits per heavy atom. The monoisotopic (exact) mass is 280 g/mol. The minimum absolute atomic E-state index is 0.374. The summed E-state index contributed by atoms with van der Waals surface area (Å²) < 4.78 is 5.59. The van der Waals surface area contributed by atoms with Crippen LogP contribution < -0.4 is 5.32 Å². The number of hydrogen-bond acceptors (Lipinski definition) is 5. The third-order valence-corrected chi connectivity index (χ3v) is 3.18. The lowest BCUT2D eigenvalue weighted by Gasteiger charge is -2.06. The molecule has 0 aliphatic heterocycles. The second-order valence-electron chi connectivity index (χ2n) is 5.05. The molecule has 0 fully saturated rings. The number of pyridine rings is 1.